The van der Waals surface area contributed by atoms with Crippen molar-refractivity contribution in [2.45, 2.75) is 13.3 Å². The number of nitrogens with zero attached hydrogens (tertiary/aromatic N) is 4. The average molecular weight is 282 g/mol. The fourth-order valence-corrected chi connectivity index (χ4v) is 1.28. The van der Waals surface area contributed by atoms with Crippen LogP contribution >= 0.6 is 0 Å². The van der Waals surface area contributed by atoms with Gasteiger partial charge < -0.3 is 15.5 Å². The lowest BCUT2D eigenvalue weighted by atomic mass is 10.4. The van der Waals surface area contributed by atoms with Crippen LogP contribution in [0.2, 0.25) is 0 Å². The van der Waals surface area contributed by atoms with Gasteiger partial charge in [0.2, 0.25) is 17.7 Å². The molecular weight excluding hydrogens is 264 g/mol. The summed E-state index contributed by atoms with van der Waals surface area (Å²) >= 11 is 0. The summed E-state index contributed by atoms with van der Waals surface area (Å²) in [5.74, 6) is 0.108. The van der Waals surface area contributed by atoms with Crippen LogP contribution in [-0.2, 0) is 4.79 Å². The molecule has 0 aromatic carbocycles. The van der Waals surface area contributed by atoms with E-state index in [-0.39, 0.29) is 29.9 Å². The molecule has 0 fully saturated rings. The Morgan fingerprint density at radius 2 is 2.15 bits per heavy atom. The first kappa shape index (κ1) is 15.6. The molecule has 1 rings (SSSR count). The van der Waals surface area contributed by atoms with Gasteiger partial charge in [-0.3, -0.25) is 14.9 Å². The average Bonchev–Trinajstić information content (AvgIpc) is 2.42. The van der Waals surface area contributed by atoms with Gasteiger partial charge in [-0.2, -0.15) is 4.98 Å². The highest BCUT2D eigenvalue weighted by Gasteiger charge is 2.18. The Bertz CT molecular complexity index is 491. The number of hydrogen-bond acceptors (Lipinski definition) is 7. The van der Waals surface area contributed by atoms with Crippen molar-refractivity contribution in [1.82, 2.24) is 14.9 Å². The van der Waals surface area contributed by atoms with Crippen LogP contribution in [0.15, 0.2) is 6.20 Å². The molecule has 0 atom stereocenters. The minimum absolute atomic E-state index is 0.0267. The highest BCUT2D eigenvalue weighted by atomic mass is 16.6. The van der Waals surface area contributed by atoms with Crippen LogP contribution in [0, 0.1) is 10.1 Å². The third-order valence-corrected chi connectivity index (χ3v) is 2.41. The lowest BCUT2D eigenvalue weighted by molar-refractivity contribution is -0.384. The quantitative estimate of drug-likeness (QED) is 0.559. The molecule has 9 nitrogen and oxygen atoms in total. The van der Waals surface area contributed by atoms with E-state index in [4.69, 9.17) is 0 Å². The molecule has 1 amide bonds. The van der Waals surface area contributed by atoms with Crippen LogP contribution in [0.25, 0.3) is 0 Å². The van der Waals surface area contributed by atoms with Gasteiger partial charge in [0.15, 0.2) is 0 Å². The standard InChI is InChI=1S/C11H18N6O3/c1-4-5-12-11-14-6-8(17(19)20)10(15-11)13-7-9(18)16(2)3/h6H,4-5,7H2,1-3H3,(H2,12,13,14,15). The van der Waals surface area contributed by atoms with Crippen molar-refractivity contribution < 1.29 is 9.72 Å². The van der Waals surface area contributed by atoms with Crippen LogP contribution in [0.4, 0.5) is 17.5 Å². The van der Waals surface area contributed by atoms with Crippen molar-refractivity contribution in [2.24, 2.45) is 0 Å². The molecule has 0 bridgehead atoms. The van der Waals surface area contributed by atoms with Crippen LogP contribution in [0.1, 0.15) is 13.3 Å². The Balaban J connectivity index is 2.88. The molecular formula is C11H18N6O3. The first-order chi connectivity index (χ1) is 9.45. The fourth-order valence-electron chi connectivity index (χ4n) is 1.28. The number of hydrogen-bond donors (Lipinski definition) is 2. The van der Waals surface area contributed by atoms with Gasteiger partial charge in [0.05, 0.1) is 11.5 Å². The third-order valence-electron chi connectivity index (χ3n) is 2.41. The zero-order valence-corrected chi connectivity index (χ0v) is 11.7. The topological polar surface area (TPSA) is 113 Å². The molecule has 1 aromatic heterocycles. The third kappa shape index (κ3) is 4.34. The van der Waals surface area contributed by atoms with Crippen molar-refractivity contribution in [3.05, 3.63) is 16.3 Å². The Hall–Kier alpha value is -2.45. The summed E-state index contributed by atoms with van der Waals surface area (Å²) in [5, 5.41) is 16.5. The van der Waals surface area contributed by atoms with Gasteiger partial charge in [-0.15, -0.1) is 0 Å². The van der Waals surface area contributed by atoms with E-state index >= 15 is 0 Å². The second kappa shape index (κ2) is 7.22. The van der Waals surface area contributed by atoms with Crippen molar-refractivity contribution in [1.29, 1.82) is 0 Å². The molecule has 1 aromatic rings. The Morgan fingerprint density at radius 1 is 1.45 bits per heavy atom. The van der Waals surface area contributed by atoms with Gasteiger partial charge in [0.1, 0.15) is 6.20 Å². The number of aromatic nitrogens is 2. The molecule has 0 saturated carbocycles. The van der Waals surface area contributed by atoms with Crippen molar-refractivity contribution in [3.8, 4) is 0 Å². The summed E-state index contributed by atoms with van der Waals surface area (Å²) < 4.78 is 0. The SMILES string of the molecule is CCCNc1ncc([N+](=O)[O-])c(NCC(=O)N(C)C)n1. The molecule has 110 valence electrons. The van der Waals surface area contributed by atoms with Gasteiger partial charge in [-0.1, -0.05) is 6.92 Å². The molecule has 0 aliphatic rings. The van der Waals surface area contributed by atoms with Crippen LogP contribution in [0.3, 0.4) is 0 Å². The molecule has 0 spiro atoms. The van der Waals surface area contributed by atoms with Crippen LogP contribution in [-0.4, -0.2) is 52.9 Å². The van der Waals surface area contributed by atoms with Gasteiger partial charge in [-0.05, 0) is 6.42 Å². The fraction of sp³-hybridized carbons (Fsp3) is 0.545. The monoisotopic (exact) mass is 282 g/mol. The van der Waals surface area contributed by atoms with Crippen molar-refractivity contribution in [3.63, 3.8) is 0 Å². The highest BCUT2D eigenvalue weighted by Crippen LogP contribution is 2.21. The molecule has 9 heteroatoms. The molecule has 0 radical (unpaired) electrons. The zero-order valence-electron chi connectivity index (χ0n) is 11.7. The Kier molecular flexibility index (Phi) is 5.63. The molecule has 0 saturated heterocycles. The number of likely N-dealkylation sites (N-methyl/N-ethyl adjacent to an activating group) is 1. The Morgan fingerprint density at radius 3 is 2.70 bits per heavy atom. The van der Waals surface area contributed by atoms with E-state index in [0.29, 0.717) is 6.54 Å². The van der Waals surface area contributed by atoms with Crippen LogP contribution in [0.5, 0.6) is 0 Å². The van der Waals surface area contributed by atoms with Gasteiger partial charge in [-0.25, -0.2) is 4.98 Å². The van der Waals surface area contributed by atoms with Gasteiger partial charge in [0, 0.05) is 20.6 Å². The maximum absolute atomic E-state index is 11.5. The van der Waals surface area contributed by atoms with Gasteiger partial charge >= 0.3 is 5.69 Å². The molecule has 1 heterocycles. The molecule has 20 heavy (non-hydrogen) atoms. The normalized spacial score (nSPS) is 9.95. The number of carbonyl (C=O) groups is 1. The van der Waals surface area contributed by atoms with Crippen molar-refractivity contribution >= 4 is 23.4 Å². The lowest BCUT2D eigenvalue weighted by Gasteiger charge is -2.12. The first-order valence-electron chi connectivity index (χ1n) is 6.15. The summed E-state index contributed by atoms with van der Waals surface area (Å²) in [6.07, 6.45) is 2.00. The summed E-state index contributed by atoms with van der Waals surface area (Å²) in [7, 11) is 3.21. The van der Waals surface area contributed by atoms with E-state index in [2.05, 4.69) is 20.6 Å². The van der Waals surface area contributed by atoms with Crippen LogP contribution < -0.4 is 10.6 Å². The number of rotatable bonds is 7. The summed E-state index contributed by atoms with van der Waals surface area (Å²) in [6.45, 7) is 2.57. The predicted octanol–water partition coefficient (Wildman–Crippen LogP) is 0.707. The number of amides is 1. The lowest BCUT2D eigenvalue weighted by Crippen LogP contribution is -2.29. The molecule has 0 aliphatic carbocycles. The largest absolute Gasteiger partial charge is 0.355 e. The second-order valence-corrected chi connectivity index (χ2v) is 4.25. The Labute approximate surface area is 116 Å². The second-order valence-electron chi connectivity index (χ2n) is 4.25. The summed E-state index contributed by atoms with van der Waals surface area (Å²) in [6, 6.07) is 0. The maximum Gasteiger partial charge on any atom is 0.329 e. The number of nitro groups is 1. The van der Waals surface area contributed by atoms with E-state index < -0.39 is 4.92 Å². The van der Waals surface area contributed by atoms with E-state index in [1.807, 2.05) is 6.92 Å². The summed E-state index contributed by atoms with van der Waals surface area (Å²) in [4.78, 5) is 31.1. The van der Waals surface area contributed by atoms with E-state index in [1.54, 1.807) is 14.1 Å². The first-order valence-corrected chi connectivity index (χ1v) is 6.15. The maximum atomic E-state index is 11.5. The minimum Gasteiger partial charge on any atom is -0.355 e. The molecule has 2 N–H and O–H groups in total. The van der Waals surface area contributed by atoms with E-state index in [1.165, 1.54) is 4.90 Å². The zero-order chi connectivity index (χ0) is 15.1. The highest BCUT2D eigenvalue weighted by molar-refractivity contribution is 5.80. The molecule has 0 aliphatic heterocycles. The number of carbonyl (C=O) groups excluding carboxylic acids is 1. The van der Waals surface area contributed by atoms with Crippen molar-refractivity contribution in [2.75, 3.05) is 37.8 Å². The smallest absolute Gasteiger partial charge is 0.329 e. The summed E-state index contributed by atoms with van der Waals surface area (Å²) in [5.41, 5.74) is -0.265. The number of anilines is 2. The number of nitrogens with one attached hydrogen (secondary N) is 2. The van der Waals surface area contributed by atoms with E-state index in [0.717, 1.165) is 12.6 Å². The molecule has 0 unspecified atom stereocenters. The van der Waals surface area contributed by atoms with Gasteiger partial charge in [0.25, 0.3) is 0 Å². The predicted molar refractivity (Wildman–Crippen MR) is 74.7 cm³/mol. The minimum atomic E-state index is -0.591. The van der Waals surface area contributed by atoms with E-state index in [9.17, 15) is 14.9 Å².